The number of nitrogens with one attached hydrogen (secondary N) is 1. The maximum atomic E-state index is 3.46. The Hall–Kier alpha value is -0.820. The van der Waals surface area contributed by atoms with Crippen molar-refractivity contribution in [2.75, 3.05) is 7.05 Å². The van der Waals surface area contributed by atoms with Gasteiger partial charge in [0, 0.05) is 6.04 Å². The summed E-state index contributed by atoms with van der Waals surface area (Å²) in [5.74, 6) is 0.764. The van der Waals surface area contributed by atoms with Crippen molar-refractivity contribution in [1.82, 2.24) is 5.32 Å². The van der Waals surface area contributed by atoms with Gasteiger partial charge in [-0.2, -0.15) is 0 Å². The zero-order valence-corrected chi connectivity index (χ0v) is 10.5. The molecule has 1 fully saturated rings. The predicted octanol–water partition coefficient (Wildman–Crippen LogP) is 3.63. The summed E-state index contributed by atoms with van der Waals surface area (Å²) >= 11 is 0. The lowest BCUT2D eigenvalue weighted by molar-refractivity contribution is 0.471. The Morgan fingerprint density at radius 1 is 1.19 bits per heavy atom. The Balaban J connectivity index is 2.12. The van der Waals surface area contributed by atoms with E-state index in [9.17, 15) is 0 Å². The molecule has 1 heteroatoms. The van der Waals surface area contributed by atoms with Gasteiger partial charge in [0.25, 0.3) is 0 Å². The van der Waals surface area contributed by atoms with Crippen LogP contribution in [0.4, 0.5) is 0 Å². The topological polar surface area (TPSA) is 12.0 Å². The first kappa shape index (κ1) is 11.7. The molecule has 0 heterocycles. The predicted molar refractivity (Wildman–Crippen MR) is 69.9 cm³/mol. The van der Waals surface area contributed by atoms with E-state index in [1.54, 1.807) is 5.56 Å². The highest BCUT2D eigenvalue weighted by atomic mass is 14.9. The third kappa shape index (κ3) is 2.85. The molecule has 1 aliphatic carbocycles. The highest BCUT2D eigenvalue weighted by molar-refractivity contribution is 5.25. The van der Waals surface area contributed by atoms with Gasteiger partial charge in [-0.1, -0.05) is 42.7 Å². The molecule has 16 heavy (non-hydrogen) atoms. The summed E-state index contributed by atoms with van der Waals surface area (Å²) in [5.41, 5.74) is 2.94. The fraction of sp³-hybridized carbons (Fsp3) is 0.600. The molecule has 0 saturated heterocycles. The van der Waals surface area contributed by atoms with Crippen LogP contribution in [0.25, 0.3) is 0 Å². The Labute approximate surface area is 99.3 Å². The van der Waals surface area contributed by atoms with Crippen LogP contribution in [-0.4, -0.2) is 13.1 Å². The first-order chi connectivity index (χ1) is 7.79. The molecule has 0 amide bonds. The molecular formula is C15H23N. The molecule has 2 rings (SSSR count). The fourth-order valence-corrected chi connectivity index (χ4v) is 2.85. The Bertz CT molecular complexity index is 332. The molecule has 88 valence electrons. The molecule has 1 aliphatic rings. The first-order valence-corrected chi connectivity index (χ1v) is 6.53. The molecule has 0 bridgehead atoms. The van der Waals surface area contributed by atoms with Crippen LogP contribution in [0.1, 0.15) is 49.1 Å². The van der Waals surface area contributed by atoms with Crippen LogP contribution in [0.15, 0.2) is 24.3 Å². The van der Waals surface area contributed by atoms with Crippen molar-refractivity contribution < 1.29 is 0 Å². The SMILES string of the molecule is CNC1CCCCC(c2cccc(C)c2)C1. The minimum Gasteiger partial charge on any atom is -0.317 e. The maximum Gasteiger partial charge on any atom is 0.00698 e. The van der Waals surface area contributed by atoms with Crippen LogP contribution >= 0.6 is 0 Å². The normalized spacial score (nSPS) is 26.4. The standard InChI is InChI=1S/C15H23N/c1-12-6-5-8-13(10-12)14-7-3-4-9-15(11-14)16-2/h5-6,8,10,14-16H,3-4,7,9,11H2,1-2H3. The lowest BCUT2D eigenvalue weighted by Crippen LogP contribution is -2.25. The second-order valence-corrected chi connectivity index (χ2v) is 5.12. The summed E-state index contributed by atoms with van der Waals surface area (Å²) in [6.45, 7) is 2.19. The molecule has 0 aliphatic heterocycles. The molecule has 1 N–H and O–H groups in total. The van der Waals surface area contributed by atoms with E-state index >= 15 is 0 Å². The minimum atomic E-state index is 0.716. The van der Waals surface area contributed by atoms with Gasteiger partial charge in [0.2, 0.25) is 0 Å². The average molecular weight is 217 g/mol. The number of rotatable bonds is 2. The van der Waals surface area contributed by atoms with E-state index < -0.39 is 0 Å². The van der Waals surface area contributed by atoms with Gasteiger partial charge in [0.05, 0.1) is 0 Å². The van der Waals surface area contributed by atoms with E-state index in [4.69, 9.17) is 0 Å². The van der Waals surface area contributed by atoms with Crippen LogP contribution in [-0.2, 0) is 0 Å². The molecule has 2 atom stereocenters. The molecule has 2 unspecified atom stereocenters. The summed E-state index contributed by atoms with van der Waals surface area (Å²) in [6, 6.07) is 9.77. The van der Waals surface area contributed by atoms with Gasteiger partial charge < -0.3 is 5.32 Å². The minimum absolute atomic E-state index is 0.716. The van der Waals surface area contributed by atoms with Gasteiger partial charge in [-0.3, -0.25) is 0 Å². The molecule has 0 radical (unpaired) electrons. The fourth-order valence-electron chi connectivity index (χ4n) is 2.85. The van der Waals surface area contributed by atoms with Gasteiger partial charge in [-0.15, -0.1) is 0 Å². The number of hydrogen-bond acceptors (Lipinski definition) is 1. The van der Waals surface area contributed by atoms with Crippen LogP contribution in [0.2, 0.25) is 0 Å². The van der Waals surface area contributed by atoms with E-state index in [1.807, 2.05) is 0 Å². The molecule has 1 nitrogen and oxygen atoms in total. The largest absolute Gasteiger partial charge is 0.317 e. The highest BCUT2D eigenvalue weighted by Gasteiger charge is 2.20. The maximum absolute atomic E-state index is 3.46. The first-order valence-electron chi connectivity index (χ1n) is 6.53. The third-order valence-corrected chi connectivity index (χ3v) is 3.85. The molecule has 1 aromatic rings. The van der Waals surface area contributed by atoms with Crippen molar-refractivity contribution in [1.29, 1.82) is 0 Å². The Morgan fingerprint density at radius 3 is 2.75 bits per heavy atom. The molecular weight excluding hydrogens is 194 g/mol. The second-order valence-electron chi connectivity index (χ2n) is 5.12. The van der Waals surface area contributed by atoms with E-state index in [0.29, 0.717) is 6.04 Å². The van der Waals surface area contributed by atoms with Crippen molar-refractivity contribution >= 4 is 0 Å². The lowest BCUT2D eigenvalue weighted by atomic mass is 9.89. The smallest absolute Gasteiger partial charge is 0.00698 e. The number of hydrogen-bond donors (Lipinski definition) is 1. The van der Waals surface area contributed by atoms with Crippen molar-refractivity contribution in [3.63, 3.8) is 0 Å². The quantitative estimate of drug-likeness (QED) is 0.746. The van der Waals surface area contributed by atoms with Gasteiger partial charge in [0.1, 0.15) is 0 Å². The van der Waals surface area contributed by atoms with Crippen molar-refractivity contribution in [3.05, 3.63) is 35.4 Å². The number of benzene rings is 1. The van der Waals surface area contributed by atoms with E-state index in [2.05, 4.69) is 43.6 Å². The van der Waals surface area contributed by atoms with Gasteiger partial charge in [0.15, 0.2) is 0 Å². The van der Waals surface area contributed by atoms with Gasteiger partial charge in [-0.25, -0.2) is 0 Å². The van der Waals surface area contributed by atoms with E-state index in [-0.39, 0.29) is 0 Å². The van der Waals surface area contributed by atoms with Crippen molar-refractivity contribution in [2.45, 2.75) is 51.0 Å². The molecule has 1 saturated carbocycles. The molecule has 1 aromatic carbocycles. The zero-order chi connectivity index (χ0) is 11.4. The van der Waals surface area contributed by atoms with Crippen LogP contribution < -0.4 is 5.32 Å². The van der Waals surface area contributed by atoms with E-state index in [0.717, 1.165) is 5.92 Å². The van der Waals surface area contributed by atoms with Gasteiger partial charge in [-0.05, 0) is 44.7 Å². The average Bonchev–Trinajstić information content (AvgIpc) is 2.54. The lowest BCUT2D eigenvalue weighted by Gasteiger charge is -2.20. The van der Waals surface area contributed by atoms with Crippen LogP contribution in [0.5, 0.6) is 0 Å². The van der Waals surface area contributed by atoms with Crippen LogP contribution in [0.3, 0.4) is 0 Å². The summed E-state index contributed by atoms with van der Waals surface area (Å²) in [7, 11) is 2.10. The molecule has 0 spiro atoms. The second kappa shape index (κ2) is 5.49. The van der Waals surface area contributed by atoms with Crippen LogP contribution in [0, 0.1) is 6.92 Å². The van der Waals surface area contributed by atoms with Crippen molar-refractivity contribution in [2.24, 2.45) is 0 Å². The van der Waals surface area contributed by atoms with Gasteiger partial charge >= 0.3 is 0 Å². The number of aryl methyl sites for hydroxylation is 1. The zero-order valence-electron chi connectivity index (χ0n) is 10.5. The highest BCUT2D eigenvalue weighted by Crippen LogP contribution is 2.31. The molecule has 0 aromatic heterocycles. The summed E-state index contributed by atoms with van der Waals surface area (Å²) in [5, 5.41) is 3.46. The summed E-state index contributed by atoms with van der Waals surface area (Å²) in [6.07, 6.45) is 6.78. The summed E-state index contributed by atoms with van der Waals surface area (Å²) < 4.78 is 0. The van der Waals surface area contributed by atoms with E-state index in [1.165, 1.54) is 37.7 Å². The Kier molecular flexibility index (Phi) is 4.00. The van der Waals surface area contributed by atoms with Crippen molar-refractivity contribution in [3.8, 4) is 0 Å². The monoisotopic (exact) mass is 217 g/mol. The Morgan fingerprint density at radius 2 is 2.00 bits per heavy atom. The third-order valence-electron chi connectivity index (χ3n) is 3.85. The summed E-state index contributed by atoms with van der Waals surface area (Å²) in [4.78, 5) is 0.